The highest BCUT2D eigenvalue weighted by molar-refractivity contribution is 5.53. The van der Waals surface area contributed by atoms with E-state index < -0.39 is 0 Å². The Morgan fingerprint density at radius 2 is 2.29 bits per heavy atom. The van der Waals surface area contributed by atoms with Crippen molar-refractivity contribution in [1.82, 2.24) is 15.0 Å². The van der Waals surface area contributed by atoms with E-state index in [9.17, 15) is 0 Å². The lowest BCUT2D eigenvalue weighted by molar-refractivity contribution is 0.936. The molecule has 0 aliphatic carbocycles. The van der Waals surface area contributed by atoms with Crippen molar-refractivity contribution in [2.75, 3.05) is 6.54 Å². The monoisotopic (exact) mass is 188 g/mol. The van der Waals surface area contributed by atoms with Crippen LogP contribution in [0.5, 0.6) is 0 Å². The Kier molecular flexibility index (Phi) is 2.55. The summed E-state index contributed by atoms with van der Waals surface area (Å²) in [5.41, 5.74) is 7.51. The molecule has 0 amide bonds. The highest BCUT2D eigenvalue weighted by Gasteiger charge is 2.01. The maximum atomic E-state index is 5.45. The number of nitrogens with zero attached hydrogens (tertiary/aromatic N) is 2. The number of nitrogens with two attached hydrogens (primary N) is 1. The highest BCUT2D eigenvalue weighted by atomic mass is 14.9. The van der Waals surface area contributed by atoms with Crippen LogP contribution < -0.4 is 5.73 Å². The number of aromatic nitrogens is 3. The van der Waals surface area contributed by atoms with Gasteiger partial charge in [0, 0.05) is 36.3 Å². The zero-order valence-electron chi connectivity index (χ0n) is 7.77. The first-order chi connectivity index (χ1) is 6.90. The van der Waals surface area contributed by atoms with Crippen LogP contribution in [0.2, 0.25) is 0 Å². The van der Waals surface area contributed by atoms with E-state index in [0.29, 0.717) is 6.54 Å². The van der Waals surface area contributed by atoms with Crippen molar-refractivity contribution in [2.45, 2.75) is 6.42 Å². The summed E-state index contributed by atoms with van der Waals surface area (Å²) in [7, 11) is 0. The summed E-state index contributed by atoms with van der Waals surface area (Å²) in [5, 5.41) is 0. The molecule has 0 unspecified atom stereocenters. The standard InChI is InChI=1S/C10H12N4/c11-4-3-9-7-13-10(14-9)8-2-1-5-12-6-8/h1-2,5-7H,3-4,11H2,(H,13,14). The van der Waals surface area contributed by atoms with E-state index in [1.807, 2.05) is 18.3 Å². The van der Waals surface area contributed by atoms with Crippen LogP contribution in [0, 0.1) is 0 Å². The zero-order valence-corrected chi connectivity index (χ0v) is 7.77. The van der Waals surface area contributed by atoms with Crippen LogP contribution in [0.15, 0.2) is 30.7 Å². The van der Waals surface area contributed by atoms with Crippen LogP contribution in [0.1, 0.15) is 5.69 Å². The van der Waals surface area contributed by atoms with Crippen LogP contribution in [-0.4, -0.2) is 21.5 Å². The van der Waals surface area contributed by atoms with Gasteiger partial charge < -0.3 is 10.7 Å². The molecule has 0 saturated heterocycles. The van der Waals surface area contributed by atoms with Gasteiger partial charge in [0.1, 0.15) is 5.82 Å². The average molecular weight is 188 g/mol. The molecule has 2 aromatic heterocycles. The Morgan fingerprint density at radius 1 is 1.36 bits per heavy atom. The van der Waals surface area contributed by atoms with Gasteiger partial charge in [0.15, 0.2) is 0 Å². The smallest absolute Gasteiger partial charge is 0.139 e. The molecule has 0 saturated carbocycles. The van der Waals surface area contributed by atoms with Crippen LogP contribution in [-0.2, 0) is 6.42 Å². The van der Waals surface area contributed by atoms with Crippen LogP contribution in [0.4, 0.5) is 0 Å². The largest absolute Gasteiger partial charge is 0.342 e. The van der Waals surface area contributed by atoms with Crippen molar-refractivity contribution in [1.29, 1.82) is 0 Å². The second kappa shape index (κ2) is 4.02. The van der Waals surface area contributed by atoms with Gasteiger partial charge in [-0.15, -0.1) is 0 Å². The summed E-state index contributed by atoms with van der Waals surface area (Å²) < 4.78 is 0. The fraction of sp³-hybridized carbons (Fsp3) is 0.200. The molecule has 14 heavy (non-hydrogen) atoms. The fourth-order valence-corrected chi connectivity index (χ4v) is 1.29. The van der Waals surface area contributed by atoms with Crippen LogP contribution >= 0.6 is 0 Å². The van der Waals surface area contributed by atoms with E-state index in [1.54, 1.807) is 12.4 Å². The minimum absolute atomic E-state index is 0.634. The van der Waals surface area contributed by atoms with Gasteiger partial charge >= 0.3 is 0 Å². The topological polar surface area (TPSA) is 67.6 Å². The fourth-order valence-electron chi connectivity index (χ4n) is 1.29. The number of H-pyrrole nitrogens is 1. The minimum Gasteiger partial charge on any atom is -0.342 e. The van der Waals surface area contributed by atoms with Gasteiger partial charge in [-0.1, -0.05) is 0 Å². The lowest BCUT2D eigenvalue weighted by Crippen LogP contribution is -2.02. The second-order valence-corrected chi connectivity index (χ2v) is 3.04. The summed E-state index contributed by atoms with van der Waals surface area (Å²) in [6, 6.07) is 3.86. The average Bonchev–Trinajstić information content (AvgIpc) is 2.68. The van der Waals surface area contributed by atoms with E-state index in [2.05, 4.69) is 15.0 Å². The van der Waals surface area contributed by atoms with Gasteiger partial charge in [-0.3, -0.25) is 4.98 Å². The second-order valence-electron chi connectivity index (χ2n) is 3.04. The van der Waals surface area contributed by atoms with Gasteiger partial charge in [0.05, 0.1) is 0 Å². The molecule has 0 aliphatic rings. The summed E-state index contributed by atoms with van der Waals surface area (Å²) in [6.45, 7) is 0.634. The maximum Gasteiger partial charge on any atom is 0.139 e. The lowest BCUT2D eigenvalue weighted by atomic mass is 10.3. The Balaban J connectivity index is 2.25. The predicted octanol–water partition coefficient (Wildman–Crippen LogP) is 0.973. The van der Waals surface area contributed by atoms with Crippen molar-refractivity contribution in [3.8, 4) is 11.4 Å². The third-order valence-electron chi connectivity index (χ3n) is 1.98. The molecule has 2 rings (SSSR count). The van der Waals surface area contributed by atoms with E-state index in [-0.39, 0.29) is 0 Å². The molecule has 0 spiro atoms. The van der Waals surface area contributed by atoms with Gasteiger partial charge in [0.2, 0.25) is 0 Å². The number of rotatable bonds is 3. The lowest BCUT2D eigenvalue weighted by Gasteiger charge is -1.94. The molecule has 0 radical (unpaired) electrons. The predicted molar refractivity (Wildman–Crippen MR) is 54.6 cm³/mol. The summed E-state index contributed by atoms with van der Waals surface area (Å²) >= 11 is 0. The third kappa shape index (κ3) is 1.80. The molecule has 2 aromatic rings. The molecule has 0 fully saturated rings. The summed E-state index contributed by atoms with van der Waals surface area (Å²) in [5.74, 6) is 0.849. The third-order valence-corrected chi connectivity index (χ3v) is 1.98. The molecule has 0 aromatic carbocycles. The first-order valence-electron chi connectivity index (χ1n) is 4.54. The van der Waals surface area contributed by atoms with Crippen molar-refractivity contribution < 1.29 is 0 Å². The Bertz CT molecular complexity index is 394. The summed E-state index contributed by atoms with van der Waals surface area (Å²) in [4.78, 5) is 11.5. The molecule has 3 N–H and O–H groups in total. The maximum absolute atomic E-state index is 5.45. The van der Waals surface area contributed by atoms with E-state index in [0.717, 1.165) is 23.5 Å². The Labute approximate surface area is 82.2 Å². The number of hydrogen-bond donors (Lipinski definition) is 2. The molecule has 0 bridgehead atoms. The molecule has 0 atom stereocenters. The molecule has 0 aliphatic heterocycles. The van der Waals surface area contributed by atoms with E-state index in [4.69, 9.17) is 5.73 Å². The van der Waals surface area contributed by atoms with Gasteiger partial charge in [-0.2, -0.15) is 0 Å². The number of nitrogens with one attached hydrogen (secondary N) is 1. The number of aromatic amines is 1. The quantitative estimate of drug-likeness (QED) is 0.754. The molecule has 4 heteroatoms. The number of imidazole rings is 1. The van der Waals surface area contributed by atoms with Crippen LogP contribution in [0.25, 0.3) is 11.4 Å². The van der Waals surface area contributed by atoms with Crippen molar-refractivity contribution in [3.05, 3.63) is 36.4 Å². The molecule has 4 nitrogen and oxygen atoms in total. The van der Waals surface area contributed by atoms with E-state index >= 15 is 0 Å². The van der Waals surface area contributed by atoms with Gasteiger partial charge in [-0.25, -0.2) is 4.98 Å². The molecular weight excluding hydrogens is 176 g/mol. The first-order valence-corrected chi connectivity index (χ1v) is 4.54. The van der Waals surface area contributed by atoms with Crippen molar-refractivity contribution >= 4 is 0 Å². The number of hydrogen-bond acceptors (Lipinski definition) is 3. The normalized spacial score (nSPS) is 10.4. The van der Waals surface area contributed by atoms with Gasteiger partial charge in [-0.05, 0) is 18.7 Å². The SMILES string of the molecule is NCCc1cnc(-c2cccnc2)[nH]1. The van der Waals surface area contributed by atoms with E-state index in [1.165, 1.54) is 0 Å². The van der Waals surface area contributed by atoms with Crippen molar-refractivity contribution in [3.63, 3.8) is 0 Å². The number of pyridine rings is 1. The molecular formula is C10H12N4. The zero-order chi connectivity index (χ0) is 9.80. The minimum atomic E-state index is 0.634. The van der Waals surface area contributed by atoms with Crippen molar-refractivity contribution in [2.24, 2.45) is 5.73 Å². The molecule has 2 heterocycles. The summed E-state index contributed by atoms with van der Waals surface area (Å²) in [6.07, 6.45) is 6.17. The highest BCUT2D eigenvalue weighted by Crippen LogP contribution is 2.13. The Morgan fingerprint density at radius 3 is 3.00 bits per heavy atom. The first kappa shape index (κ1) is 8.90. The Hall–Kier alpha value is -1.68. The van der Waals surface area contributed by atoms with Crippen LogP contribution in [0.3, 0.4) is 0 Å². The molecule has 72 valence electrons. The van der Waals surface area contributed by atoms with Gasteiger partial charge in [0.25, 0.3) is 0 Å².